The number of hydrogen-bond acceptors (Lipinski definition) is 3. The summed E-state index contributed by atoms with van der Waals surface area (Å²) in [6.45, 7) is 0.635. The molecule has 2 rings (SSSR count). The third kappa shape index (κ3) is 3.25. The van der Waals surface area contributed by atoms with E-state index in [4.69, 9.17) is 17.3 Å². The number of rotatable bonds is 4. The number of benzene rings is 1. The zero-order chi connectivity index (χ0) is 13.1. The summed E-state index contributed by atoms with van der Waals surface area (Å²) in [5.41, 5.74) is 6.67. The highest BCUT2D eigenvalue weighted by molar-refractivity contribution is 9.10. The molecule has 3 nitrogen and oxygen atoms in total. The van der Waals surface area contributed by atoms with Crippen molar-refractivity contribution < 1.29 is 4.79 Å². The minimum absolute atomic E-state index is 0.399. The smallest absolute Gasteiger partial charge is 0.249 e. The lowest BCUT2D eigenvalue weighted by atomic mass is 10.3. The number of nitrogens with two attached hydrogens (primary N) is 1. The number of nitrogens with one attached hydrogen (secondary N) is 1. The Labute approximate surface area is 122 Å². The number of halogens is 2. The first kappa shape index (κ1) is 13.4. The molecule has 0 fully saturated rings. The van der Waals surface area contributed by atoms with Crippen molar-refractivity contribution >= 4 is 50.5 Å². The van der Waals surface area contributed by atoms with Gasteiger partial charge in [0.05, 0.1) is 10.6 Å². The number of anilines is 1. The van der Waals surface area contributed by atoms with Crippen LogP contribution < -0.4 is 11.1 Å². The molecular weight excluding hydrogens is 336 g/mol. The van der Waals surface area contributed by atoms with Crippen molar-refractivity contribution in [3.63, 3.8) is 0 Å². The Hall–Kier alpha value is -1.04. The fraction of sp³-hybridized carbons (Fsp3) is 0.0833. The molecule has 6 heteroatoms. The van der Waals surface area contributed by atoms with Crippen LogP contribution in [0.5, 0.6) is 0 Å². The van der Waals surface area contributed by atoms with Gasteiger partial charge in [-0.05, 0) is 40.2 Å². The molecule has 94 valence electrons. The van der Waals surface area contributed by atoms with E-state index in [9.17, 15) is 4.79 Å². The van der Waals surface area contributed by atoms with Gasteiger partial charge >= 0.3 is 0 Å². The van der Waals surface area contributed by atoms with E-state index in [1.54, 1.807) is 11.4 Å². The molecule has 3 N–H and O–H groups in total. The first-order chi connectivity index (χ1) is 8.56. The summed E-state index contributed by atoms with van der Waals surface area (Å²) >= 11 is 10.8. The first-order valence-electron chi connectivity index (χ1n) is 5.12. The maximum atomic E-state index is 11.0. The maximum absolute atomic E-state index is 11.0. The second-order valence-electron chi connectivity index (χ2n) is 3.65. The van der Waals surface area contributed by atoms with Gasteiger partial charge in [0.25, 0.3) is 0 Å². The van der Waals surface area contributed by atoms with E-state index >= 15 is 0 Å². The Balaban J connectivity index is 2.02. The Bertz CT molecular complexity index is 585. The fourth-order valence-corrected chi connectivity index (χ4v) is 2.64. The SMILES string of the molecule is NC(=O)c1csc(CNc2ccc(Br)c(Cl)c2)c1. The molecule has 0 bridgehead atoms. The van der Waals surface area contributed by atoms with E-state index in [2.05, 4.69) is 21.2 Å². The lowest BCUT2D eigenvalue weighted by molar-refractivity contribution is 0.100. The van der Waals surface area contributed by atoms with Gasteiger partial charge in [0.2, 0.25) is 5.91 Å². The highest BCUT2D eigenvalue weighted by Gasteiger charge is 2.05. The van der Waals surface area contributed by atoms with Crippen LogP contribution in [0.15, 0.2) is 34.1 Å². The average Bonchev–Trinajstić information content (AvgIpc) is 2.79. The number of hydrogen-bond donors (Lipinski definition) is 2. The van der Waals surface area contributed by atoms with Crippen molar-refractivity contribution in [2.75, 3.05) is 5.32 Å². The molecule has 0 aliphatic heterocycles. The lowest BCUT2D eigenvalue weighted by Gasteiger charge is -2.05. The van der Waals surface area contributed by atoms with Gasteiger partial charge in [-0.15, -0.1) is 11.3 Å². The molecule has 0 atom stereocenters. The minimum Gasteiger partial charge on any atom is -0.380 e. The maximum Gasteiger partial charge on any atom is 0.249 e. The van der Waals surface area contributed by atoms with Crippen molar-refractivity contribution in [2.24, 2.45) is 5.73 Å². The second kappa shape index (κ2) is 5.73. The highest BCUT2D eigenvalue weighted by atomic mass is 79.9. The molecule has 0 radical (unpaired) electrons. The summed E-state index contributed by atoms with van der Waals surface area (Å²) in [6, 6.07) is 7.45. The zero-order valence-corrected chi connectivity index (χ0v) is 12.4. The van der Waals surface area contributed by atoms with Gasteiger partial charge in [-0.3, -0.25) is 4.79 Å². The zero-order valence-electron chi connectivity index (χ0n) is 9.24. The van der Waals surface area contributed by atoms with Crippen LogP contribution in [0.25, 0.3) is 0 Å². The summed E-state index contributed by atoms with van der Waals surface area (Å²) in [7, 11) is 0. The first-order valence-corrected chi connectivity index (χ1v) is 7.17. The molecule has 0 saturated carbocycles. The molecule has 2 aromatic rings. The van der Waals surface area contributed by atoms with E-state index in [0.29, 0.717) is 17.1 Å². The van der Waals surface area contributed by atoms with Crippen molar-refractivity contribution in [1.29, 1.82) is 0 Å². The molecule has 0 saturated heterocycles. The average molecular weight is 346 g/mol. The molecule has 0 aliphatic carbocycles. The van der Waals surface area contributed by atoms with Crippen molar-refractivity contribution in [3.05, 3.63) is 49.6 Å². The van der Waals surface area contributed by atoms with Gasteiger partial charge in [-0.25, -0.2) is 0 Å². The Morgan fingerprint density at radius 1 is 1.44 bits per heavy atom. The third-order valence-corrected chi connectivity index (χ3v) is 4.49. The van der Waals surface area contributed by atoms with Gasteiger partial charge in [0.15, 0.2) is 0 Å². The quantitative estimate of drug-likeness (QED) is 0.883. The molecule has 1 aromatic carbocycles. The normalized spacial score (nSPS) is 10.3. The Morgan fingerprint density at radius 3 is 2.83 bits per heavy atom. The summed E-state index contributed by atoms with van der Waals surface area (Å²) in [5.74, 6) is -0.399. The van der Waals surface area contributed by atoms with E-state index in [-0.39, 0.29) is 0 Å². The number of thiophene rings is 1. The van der Waals surface area contributed by atoms with Crippen LogP contribution in [-0.4, -0.2) is 5.91 Å². The van der Waals surface area contributed by atoms with Crippen LogP contribution in [0.1, 0.15) is 15.2 Å². The molecular formula is C12H10BrClN2OS. The summed E-state index contributed by atoms with van der Waals surface area (Å²) in [6.07, 6.45) is 0. The number of amides is 1. The van der Waals surface area contributed by atoms with E-state index in [0.717, 1.165) is 15.0 Å². The Morgan fingerprint density at radius 2 is 2.22 bits per heavy atom. The van der Waals surface area contributed by atoms with Crippen molar-refractivity contribution in [3.8, 4) is 0 Å². The van der Waals surface area contributed by atoms with Crippen LogP contribution in [-0.2, 0) is 6.54 Å². The summed E-state index contributed by atoms with van der Waals surface area (Å²) < 4.78 is 0.863. The van der Waals surface area contributed by atoms with Gasteiger partial charge in [-0.2, -0.15) is 0 Å². The highest BCUT2D eigenvalue weighted by Crippen LogP contribution is 2.26. The number of carbonyl (C=O) groups excluding carboxylic acids is 1. The largest absolute Gasteiger partial charge is 0.380 e. The van der Waals surface area contributed by atoms with Crippen LogP contribution in [0, 0.1) is 0 Å². The summed E-state index contributed by atoms with van der Waals surface area (Å²) in [5, 5.41) is 5.65. The van der Waals surface area contributed by atoms with E-state index < -0.39 is 5.91 Å². The lowest BCUT2D eigenvalue weighted by Crippen LogP contribution is -2.09. The van der Waals surface area contributed by atoms with Gasteiger partial charge in [0, 0.05) is 27.0 Å². The van der Waals surface area contributed by atoms with Crippen LogP contribution in [0.3, 0.4) is 0 Å². The van der Waals surface area contributed by atoms with E-state index in [1.165, 1.54) is 11.3 Å². The van der Waals surface area contributed by atoms with Crippen molar-refractivity contribution in [2.45, 2.75) is 6.54 Å². The summed E-state index contributed by atoms with van der Waals surface area (Å²) in [4.78, 5) is 12.0. The predicted molar refractivity (Wildman–Crippen MR) is 79.3 cm³/mol. The molecule has 1 amide bonds. The Kier molecular flexibility index (Phi) is 4.27. The van der Waals surface area contributed by atoms with Crippen molar-refractivity contribution in [1.82, 2.24) is 0 Å². The second-order valence-corrected chi connectivity index (χ2v) is 5.91. The van der Waals surface area contributed by atoms with Crippen LogP contribution in [0.2, 0.25) is 5.02 Å². The molecule has 0 aliphatic rings. The predicted octanol–water partition coefficient (Wildman–Crippen LogP) is 3.88. The van der Waals surface area contributed by atoms with Crippen LogP contribution >= 0.6 is 38.9 Å². The molecule has 0 spiro atoms. The van der Waals surface area contributed by atoms with Crippen LogP contribution in [0.4, 0.5) is 5.69 Å². The third-order valence-electron chi connectivity index (χ3n) is 2.32. The van der Waals surface area contributed by atoms with Gasteiger partial charge in [0.1, 0.15) is 0 Å². The molecule has 18 heavy (non-hydrogen) atoms. The molecule has 0 unspecified atom stereocenters. The molecule has 1 heterocycles. The van der Waals surface area contributed by atoms with E-state index in [1.807, 2.05) is 18.2 Å². The van der Waals surface area contributed by atoms with Gasteiger partial charge in [-0.1, -0.05) is 11.6 Å². The monoisotopic (exact) mass is 344 g/mol. The molecule has 1 aromatic heterocycles. The fourth-order valence-electron chi connectivity index (χ4n) is 1.40. The standard InChI is InChI=1S/C12H10BrClN2OS/c13-10-2-1-8(4-11(10)14)16-5-9-3-7(6-18-9)12(15)17/h1-4,6,16H,5H2,(H2,15,17). The topological polar surface area (TPSA) is 55.1 Å². The minimum atomic E-state index is -0.399. The number of carbonyl (C=O) groups is 1. The number of primary amides is 1. The van der Waals surface area contributed by atoms with Gasteiger partial charge < -0.3 is 11.1 Å².